The summed E-state index contributed by atoms with van der Waals surface area (Å²) in [5.74, 6) is -0.210. The highest BCUT2D eigenvalue weighted by atomic mass is 16.1. The van der Waals surface area contributed by atoms with E-state index in [0.717, 1.165) is 16.9 Å². The fraction of sp³-hybridized carbons (Fsp3) is 0.294. The Morgan fingerprint density at radius 2 is 1.86 bits per heavy atom. The average Bonchev–Trinajstić information content (AvgIpc) is 2.37. The number of carbonyl (C=O) groups excluding carboxylic acids is 1. The highest BCUT2D eigenvalue weighted by Crippen LogP contribution is 2.16. The summed E-state index contributed by atoms with van der Waals surface area (Å²) in [6, 6.07) is 11.3. The van der Waals surface area contributed by atoms with Gasteiger partial charge in [-0.3, -0.25) is 9.78 Å². The minimum atomic E-state index is -0.210. The fourth-order valence-corrected chi connectivity index (χ4v) is 1.98. The molecule has 0 unspecified atom stereocenters. The largest absolute Gasteiger partial charge is 0.380 e. The third-order valence-corrected chi connectivity index (χ3v) is 2.79. The SMILES string of the molecule is Cc1cccc(NC(=O)c2cc(NC(C)(C)C)ccn2)c1. The lowest BCUT2D eigenvalue weighted by molar-refractivity contribution is 0.102. The predicted molar refractivity (Wildman–Crippen MR) is 86.7 cm³/mol. The van der Waals surface area contributed by atoms with Gasteiger partial charge in [0.25, 0.3) is 5.91 Å². The molecule has 0 atom stereocenters. The summed E-state index contributed by atoms with van der Waals surface area (Å²) in [6.45, 7) is 8.20. The number of carbonyl (C=O) groups is 1. The molecule has 1 heterocycles. The lowest BCUT2D eigenvalue weighted by Crippen LogP contribution is -2.26. The fourth-order valence-electron chi connectivity index (χ4n) is 1.98. The molecule has 4 nitrogen and oxygen atoms in total. The molecule has 21 heavy (non-hydrogen) atoms. The Labute approximate surface area is 125 Å². The van der Waals surface area contributed by atoms with Crippen LogP contribution in [0, 0.1) is 6.92 Å². The van der Waals surface area contributed by atoms with E-state index in [-0.39, 0.29) is 11.4 Å². The third-order valence-electron chi connectivity index (χ3n) is 2.79. The van der Waals surface area contributed by atoms with Crippen LogP contribution in [0.3, 0.4) is 0 Å². The van der Waals surface area contributed by atoms with Crippen LogP contribution in [0.5, 0.6) is 0 Å². The zero-order chi connectivity index (χ0) is 15.5. The molecule has 2 aromatic rings. The zero-order valence-electron chi connectivity index (χ0n) is 12.9. The maximum absolute atomic E-state index is 12.2. The summed E-state index contributed by atoms with van der Waals surface area (Å²) in [4.78, 5) is 16.4. The molecular weight excluding hydrogens is 262 g/mol. The molecule has 1 aromatic heterocycles. The van der Waals surface area contributed by atoms with Crippen LogP contribution in [-0.4, -0.2) is 16.4 Å². The molecule has 0 fully saturated rings. The van der Waals surface area contributed by atoms with Crippen LogP contribution in [0.2, 0.25) is 0 Å². The van der Waals surface area contributed by atoms with Crippen LogP contribution in [0.25, 0.3) is 0 Å². The van der Waals surface area contributed by atoms with Crippen LogP contribution < -0.4 is 10.6 Å². The second-order valence-electron chi connectivity index (χ2n) is 6.13. The second kappa shape index (κ2) is 5.95. The first kappa shape index (κ1) is 15.0. The van der Waals surface area contributed by atoms with Gasteiger partial charge < -0.3 is 10.6 Å². The third kappa shape index (κ3) is 4.60. The number of aryl methyl sites for hydroxylation is 1. The van der Waals surface area contributed by atoms with E-state index in [1.165, 1.54) is 0 Å². The van der Waals surface area contributed by atoms with E-state index in [2.05, 4.69) is 36.4 Å². The van der Waals surface area contributed by atoms with Crippen molar-refractivity contribution in [2.75, 3.05) is 10.6 Å². The van der Waals surface area contributed by atoms with E-state index >= 15 is 0 Å². The van der Waals surface area contributed by atoms with Gasteiger partial charge in [0.2, 0.25) is 0 Å². The number of hydrogen-bond acceptors (Lipinski definition) is 3. The Morgan fingerprint density at radius 1 is 1.10 bits per heavy atom. The van der Waals surface area contributed by atoms with Crippen LogP contribution in [0.4, 0.5) is 11.4 Å². The molecule has 2 rings (SSSR count). The van der Waals surface area contributed by atoms with E-state index in [1.54, 1.807) is 12.3 Å². The first-order valence-corrected chi connectivity index (χ1v) is 6.96. The number of aromatic nitrogens is 1. The van der Waals surface area contributed by atoms with Crippen LogP contribution >= 0.6 is 0 Å². The summed E-state index contributed by atoms with van der Waals surface area (Å²) in [6.07, 6.45) is 1.64. The van der Waals surface area contributed by atoms with Gasteiger partial charge in [0.05, 0.1) is 0 Å². The molecular formula is C17H21N3O. The number of benzene rings is 1. The standard InChI is InChI=1S/C17H21N3O/c1-12-6-5-7-13(10-12)19-16(21)15-11-14(8-9-18-15)20-17(2,3)4/h5-11H,1-4H3,(H,18,20)(H,19,21). The minimum Gasteiger partial charge on any atom is -0.380 e. The van der Waals surface area contributed by atoms with E-state index in [9.17, 15) is 4.79 Å². The maximum atomic E-state index is 12.2. The summed E-state index contributed by atoms with van der Waals surface area (Å²) >= 11 is 0. The monoisotopic (exact) mass is 283 g/mol. The van der Waals surface area contributed by atoms with Gasteiger partial charge in [-0.05, 0) is 57.5 Å². The van der Waals surface area contributed by atoms with E-state index in [4.69, 9.17) is 0 Å². The summed E-state index contributed by atoms with van der Waals surface area (Å²) in [5, 5.41) is 6.19. The van der Waals surface area contributed by atoms with Crippen molar-refractivity contribution in [2.24, 2.45) is 0 Å². The first-order chi connectivity index (χ1) is 9.83. The van der Waals surface area contributed by atoms with Crippen LogP contribution in [0.1, 0.15) is 36.8 Å². The second-order valence-corrected chi connectivity index (χ2v) is 6.13. The minimum absolute atomic E-state index is 0.0638. The average molecular weight is 283 g/mol. The number of amides is 1. The number of nitrogens with zero attached hydrogens (tertiary/aromatic N) is 1. The van der Waals surface area contributed by atoms with Crippen molar-refractivity contribution in [2.45, 2.75) is 33.2 Å². The van der Waals surface area contributed by atoms with Crippen molar-refractivity contribution in [3.63, 3.8) is 0 Å². The smallest absolute Gasteiger partial charge is 0.274 e. The number of rotatable bonds is 3. The quantitative estimate of drug-likeness (QED) is 0.899. The topological polar surface area (TPSA) is 54.0 Å². The molecule has 0 radical (unpaired) electrons. The van der Waals surface area contributed by atoms with Gasteiger partial charge in [0.1, 0.15) is 5.69 Å². The highest BCUT2D eigenvalue weighted by molar-refractivity contribution is 6.03. The number of nitrogens with one attached hydrogen (secondary N) is 2. The molecule has 2 N–H and O–H groups in total. The summed E-state index contributed by atoms with van der Waals surface area (Å²) < 4.78 is 0. The molecule has 0 bridgehead atoms. The number of pyridine rings is 1. The number of hydrogen-bond donors (Lipinski definition) is 2. The molecule has 0 saturated heterocycles. The molecule has 1 aromatic carbocycles. The molecule has 0 spiro atoms. The van der Waals surface area contributed by atoms with E-state index in [1.807, 2.05) is 37.3 Å². The van der Waals surface area contributed by atoms with Gasteiger partial charge >= 0.3 is 0 Å². The zero-order valence-corrected chi connectivity index (χ0v) is 12.9. The lowest BCUT2D eigenvalue weighted by atomic mass is 10.1. The van der Waals surface area contributed by atoms with E-state index in [0.29, 0.717) is 5.69 Å². The van der Waals surface area contributed by atoms with Gasteiger partial charge in [0, 0.05) is 23.1 Å². The summed E-state index contributed by atoms with van der Waals surface area (Å²) in [5.41, 5.74) is 3.09. The maximum Gasteiger partial charge on any atom is 0.274 e. The molecule has 0 aliphatic heterocycles. The van der Waals surface area contributed by atoms with Gasteiger partial charge in [-0.25, -0.2) is 0 Å². The molecule has 110 valence electrons. The lowest BCUT2D eigenvalue weighted by Gasteiger charge is -2.22. The number of anilines is 2. The Kier molecular flexibility index (Phi) is 4.26. The molecule has 0 aliphatic carbocycles. The first-order valence-electron chi connectivity index (χ1n) is 6.96. The van der Waals surface area contributed by atoms with Gasteiger partial charge in [0.15, 0.2) is 0 Å². The molecule has 0 aliphatic rings. The molecule has 4 heteroatoms. The van der Waals surface area contributed by atoms with E-state index < -0.39 is 0 Å². The molecule has 0 saturated carbocycles. The Bertz CT molecular complexity index is 644. The Morgan fingerprint density at radius 3 is 2.52 bits per heavy atom. The van der Waals surface area contributed by atoms with Crippen molar-refractivity contribution < 1.29 is 4.79 Å². The van der Waals surface area contributed by atoms with Crippen molar-refractivity contribution in [1.29, 1.82) is 0 Å². The van der Waals surface area contributed by atoms with Gasteiger partial charge in [-0.15, -0.1) is 0 Å². The van der Waals surface area contributed by atoms with Crippen LogP contribution in [-0.2, 0) is 0 Å². The van der Waals surface area contributed by atoms with Crippen LogP contribution in [0.15, 0.2) is 42.6 Å². The van der Waals surface area contributed by atoms with Gasteiger partial charge in [-0.2, -0.15) is 0 Å². The van der Waals surface area contributed by atoms with Crippen molar-refractivity contribution >= 4 is 17.3 Å². The van der Waals surface area contributed by atoms with Gasteiger partial charge in [-0.1, -0.05) is 12.1 Å². The Hall–Kier alpha value is -2.36. The van der Waals surface area contributed by atoms with Crippen molar-refractivity contribution in [3.05, 3.63) is 53.9 Å². The molecule has 1 amide bonds. The predicted octanol–water partition coefficient (Wildman–Crippen LogP) is 3.85. The Balaban J connectivity index is 2.14. The van der Waals surface area contributed by atoms with Crippen molar-refractivity contribution in [3.8, 4) is 0 Å². The van der Waals surface area contributed by atoms with Crippen molar-refractivity contribution in [1.82, 2.24) is 4.98 Å². The highest BCUT2D eigenvalue weighted by Gasteiger charge is 2.12. The summed E-state index contributed by atoms with van der Waals surface area (Å²) in [7, 11) is 0. The normalized spacial score (nSPS) is 11.0.